The van der Waals surface area contributed by atoms with E-state index in [1.807, 2.05) is 24.3 Å². The Labute approximate surface area is 212 Å². The van der Waals surface area contributed by atoms with Gasteiger partial charge in [0, 0.05) is 12.0 Å². The monoisotopic (exact) mass is 482 g/mol. The number of carbonyl (C=O) groups excluding carboxylic acids is 1. The fraction of sp³-hybridized carbons (Fsp3) is 0.700. The van der Waals surface area contributed by atoms with Crippen molar-refractivity contribution in [1.29, 1.82) is 0 Å². The van der Waals surface area contributed by atoms with Gasteiger partial charge in [0.2, 0.25) is 11.8 Å². The lowest BCUT2D eigenvalue weighted by Crippen LogP contribution is -2.25. The zero-order chi connectivity index (χ0) is 24.7. The molecular weight excluding hydrogens is 436 g/mol. The minimum Gasteiger partial charge on any atom is -0.426 e. The van der Waals surface area contributed by atoms with E-state index < -0.39 is 0 Å². The number of aromatic nitrogens is 2. The Bertz CT molecular complexity index is 838. The predicted octanol–water partition coefficient (Wildman–Crippen LogP) is 8.71. The largest absolute Gasteiger partial charge is 0.426 e. The van der Waals surface area contributed by atoms with E-state index in [0.717, 1.165) is 50.0 Å². The third-order valence-corrected chi connectivity index (χ3v) is 7.43. The van der Waals surface area contributed by atoms with Gasteiger partial charge in [-0.25, -0.2) is 0 Å². The van der Waals surface area contributed by atoms with Crippen molar-refractivity contribution in [1.82, 2.24) is 10.2 Å². The molecule has 1 fully saturated rings. The average molecular weight is 483 g/mol. The summed E-state index contributed by atoms with van der Waals surface area (Å²) in [6.45, 7) is 4.50. The van der Waals surface area contributed by atoms with E-state index in [4.69, 9.17) is 9.15 Å². The minimum absolute atomic E-state index is 0.0342. The van der Waals surface area contributed by atoms with Gasteiger partial charge in [-0.15, -0.1) is 10.2 Å². The molecule has 0 saturated heterocycles. The van der Waals surface area contributed by atoms with Gasteiger partial charge in [0.05, 0.1) is 5.92 Å². The lowest BCUT2D eigenvalue weighted by molar-refractivity contribution is -0.140. The molecule has 0 amide bonds. The van der Waals surface area contributed by atoms with Gasteiger partial charge in [0.15, 0.2) is 0 Å². The molecule has 1 aromatic heterocycles. The molecule has 194 valence electrons. The maximum Gasteiger partial charge on any atom is 0.314 e. The highest BCUT2D eigenvalue weighted by atomic mass is 16.5. The summed E-state index contributed by atoms with van der Waals surface area (Å²) >= 11 is 0. The summed E-state index contributed by atoms with van der Waals surface area (Å²) < 4.78 is 11.5. The lowest BCUT2D eigenvalue weighted by atomic mass is 9.80. The van der Waals surface area contributed by atoms with E-state index in [2.05, 4.69) is 24.0 Å². The summed E-state index contributed by atoms with van der Waals surface area (Å²) in [7, 11) is 0. The number of unbranched alkanes of at least 4 members (excludes halogenated alkanes) is 9. The van der Waals surface area contributed by atoms with Crippen molar-refractivity contribution in [3.63, 3.8) is 0 Å². The first kappa shape index (κ1) is 27.4. The molecule has 0 spiro atoms. The van der Waals surface area contributed by atoms with E-state index in [-0.39, 0.29) is 11.9 Å². The van der Waals surface area contributed by atoms with Crippen molar-refractivity contribution in [2.24, 2.45) is 11.8 Å². The fourth-order valence-corrected chi connectivity index (χ4v) is 5.12. The van der Waals surface area contributed by atoms with Gasteiger partial charge in [0.25, 0.3) is 0 Å². The summed E-state index contributed by atoms with van der Waals surface area (Å²) in [5, 5.41) is 8.42. The highest BCUT2D eigenvalue weighted by Crippen LogP contribution is 2.33. The Morgan fingerprint density at radius 3 is 2.14 bits per heavy atom. The molecule has 1 aliphatic carbocycles. The number of carbonyl (C=O) groups is 1. The van der Waals surface area contributed by atoms with Gasteiger partial charge < -0.3 is 9.15 Å². The van der Waals surface area contributed by atoms with Crippen LogP contribution in [0.4, 0.5) is 0 Å². The zero-order valence-corrected chi connectivity index (χ0v) is 22.1. The number of rotatable bonds is 16. The molecule has 1 aromatic carbocycles. The van der Waals surface area contributed by atoms with Crippen LogP contribution in [0.3, 0.4) is 0 Å². The third kappa shape index (κ3) is 9.77. The van der Waals surface area contributed by atoms with E-state index in [1.165, 1.54) is 70.6 Å². The summed E-state index contributed by atoms with van der Waals surface area (Å²) in [4.78, 5) is 12.6. The second-order valence-electron chi connectivity index (χ2n) is 10.4. The highest BCUT2D eigenvalue weighted by Gasteiger charge is 2.27. The summed E-state index contributed by atoms with van der Waals surface area (Å²) in [6, 6.07) is 7.43. The van der Waals surface area contributed by atoms with Gasteiger partial charge in [-0.3, -0.25) is 4.79 Å². The van der Waals surface area contributed by atoms with E-state index in [1.54, 1.807) is 0 Å². The van der Waals surface area contributed by atoms with Crippen LogP contribution in [0.2, 0.25) is 0 Å². The fourth-order valence-electron chi connectivity index (χ4n) is 5.12. The van der Waals surface area contributed by atoms with Crippen LogP contribution in [0.25, 0.3) is 11.5 Å². The topological polar surface area (TPSA) is 65.2 Å². The van der Waals surface area contributed by atoms with Crippen molar-refractivity contribution < 1.29 is 13.9 Å². The molecule has 1 saturated carbocycles. The van der Waals surface area contributed by atoms with Crippen molar-refractivity contribution in [2.45, 2.75) is 123 Å². The number of nitrogens with zero attached hydrogens (tertiary/aromatic N) is 2. The SMILES string of the molecule is CCCCCCCCCCc1nnc(-c2ccc(OC(=O)[C@H]3CC[C@H](CCCCC)CC3)cc2)o1. The Morgan fingerprint density at radius 1 is 0.829 bits per heavy atom. The quantitative estimate of drug-likeness (QED) is 0.136. The molecule has 3 rings (SSSR count). The normalized spacial score (nSPS) is 18.0. The number of esters is 1. The molecule has 0 aliphatic heterocycles. The molecule has 0 N–H and O–H groups in total. The van der Waals surface area contributed by atoms with E-state index in [9.17, 15) is 4.79 Å². The van der Waals surface area contributed by atoms with Gasteiger partial charge in [-0.05, 0) is 62.3 Å². The van der Waals surface area contributed by atoms with Crippen LogP contribution < -0.4 is 4.74 Å². The Hall–Kier alpha value is -2.17. The van der Waals surface area contributed by atoms with Gasteiger partial charge in [0.1, 0.15) is 5.75 Å². The predicted molar refractivity (Wildman–Crippen MR) is 141 cm³/mol. The Kier molecular flexibility index (Phi) is 12.3. The maximum absolute atomic E-state index is 12.6. The van der Waals surface area contributed by atoms with E-state index in [0.29, 0.717) is 17.5 Å². The van der Waals surface area contributed by atoms with Gasteiger partial charge in [-0.2, -0.15) is 0 Å². The minimum atomic E-state index is -0.0878. The van der Waals surface area contributed by atoms with Crippen molar-refractivity contribution in [3.05, 3.63) is 30.2 Å². The van der Waals surface area contributed by atoms with Crippen molar-refractivity contribution in [2.75, 3.05) is 0 Å². The van der Waals surface area contributed by atoms with Crippen LogP contribution in [0, 0.1) is 11.8 Å². The molecule has 5 heteroatoms. The zero-order valence-electron chi connectivity index (χ0n) is 22.1. The van der Waals surface area contributed by atoms with Gasteiger partial charge >= 0.3 is 5.97 Å². The molecule has 2 aromatic rings. The molecule has 0 radical (unpaired) electrons. The van der Waals surface area contributed by atoms with Crippen molar-refractivity contribution in [3.8, 4) is 17.2 Å². The third-order valence-electron chi connectivity index (χ3n) is 7.43. The van der Waals surface area contributed by atoms with E-state index >= 15 is 0 Å². The molecular formula is C30H46N2O3. The van der Waals surface area contributed by atoms with Crippen LogP contribution in [0.5, 0.6) is 5.75 Å². The van der Waals surface area contributed by atoms with Gasteiger partial charge in [-0.1, -0.05) is 84.5 Å². The molecule has 5 nitrogen and oxygen atoms in total. The maximum atomic E-state index is 12.6. The van der Waals surface area contributed by atoms with Crippen LogP contribution in [0.1, 0.15) is 122 Å². The van der Waals surface area contributed by atoms with Crippen molar-refractivity contribution >= 4 is 5.97 Å². The highest BCUT2D eigenvalue weighted by molar-refractivity contribution is 5.75. The Morgan fingerprint density at radius 2 is 1.46 bits per heavy atom. The summed E-state index contributed by atoms with van der Waals surface area (Å²) in [5.74, 6) is 2.55. The van der Waals surface area contributed by atoms with Crippen LogP contribution >= 0.6 is 0 Å². The first-order valence-electron chi connectivity index (χ1n) is 14.3. The standard InChI is InChI=1S/C30H46N2O3/c1-3-5-7-8-9-10-11-13-15-28-31-32-29(35-28)25-20-22-27(23-21-25)34-30(33)26-18-16-24(17-19-26)14-12-6-4-2/h20-24,26H,3-19H2,1-2H3/t24-,26-. The Balaban J connectivity index is 1.36. The number of aryl methyl sites for hydroxylation is 1. The molecule has 35 heavy (non-hydrogen) atoms. The molecule has 0 bridgehead atoms. The van der Waals surface area contributed by atoms with Crippen LogP contribution in [0.15, 0.2) is 28.7 Å². The summed E-state index contributed by atoms with van der Waals surface area (Å²) in [6.07, 6.45) is 20.6. The number of hydrogen-bond donors (Lipinski definition) is 0. The average Bonchev–Trinajstić information content (AvgIpc) is 3.35. The smallest absolute Gasteiger partial charge is 0.314 e. The number of hydrogen-bond acceptors (Lipinski definition) is 5. The first-order valence-corrected chi connectivity index (χ1v) is 14.3. The molecule has 1 aliphatic rings. The number of ether oxygens (including phenoxy) is 1. The second kappa shape index (κ2) is 15.7. The molecule has 1 heterocycles. The second-order valence-corrected chi connectivity index (χ2v) is 10.4. The number of benzene rings is 1. The van der Waals surface area contributed by atoms with Crippen LogP contribution in [-0.4, -0.2) is 16.2 Å². The first-order chi connectivity index (χ1) is 17.2. The molecule has 0 unspecified atom stereocenters. The van der Waals surface area contributed by atoms with Crippen LogP contribution in [-0.2, 0) is 11.2 Å². The summed E-state index contributed by atoms with van der Waals surface area (Å²) in [5.41, 5.74) is 0.854. The molecule has 0 atom stereocenters. The lowest BCUT2D eigenvalue weighted by Gasteiger charge is -2.27.